The van der Waals surface area contributed by atoms with Gasteiger partial charge in [0.2, 0.25) is 0 Å². The maximum Gasteiger partial charge on any atom is 0.151 e. The molecule has 0 aliphatic carbocycles. The molecule has 0 saturated carbocycles. The Hall–Kier alpha value is -3.11. The summed E-state index contributed by atoms with van der Waals surface area (Å²) in [6, 6.07) is 22.4. The molecule has 37 heavy (non-hydrogen) atoms. The van der Waals surface area contributed by atoms with E-state index < -0.39 is 10.0 Å². The van der Waals surface area contributed by atoms with Crippen molar-refractivity contribution in [2.45, 2.75) is 13.0 Å². The number of aromatic nitrogens is 2. The lowest BCUT2D eigenvalue weighted by Gasteiger charge is -2.14. The van der Waals surface area contributed by atoms with E-state index in [1.165, 1.54) is 0 Å². The van der Waals surface area contributed by atoms with Gasteiger partial charge in [-0.3, -0.25) is 14.8 Å². The fourth-order valence-electron chi connectivity index (χ4n) is 3.20. The Morgan fingerprint density at radius 2 is 1.68 bits per heavy atom. The summed E-state index contributed by atoms with van der Waals surface area (Å²) in [7, 11) is 1.11. The van der Waals surface area contributed by atoms with E-state index >= 15 is 0 Å². The topological polar surface area (TPSA) is 54.9 Å². The van der Waals surface area contributed by atoms with E-state index in [9.17, 15) is 4.79 Å². The second-order valence-electron chi connectivity index (χ2n) is 9.08. The van der Waals surface area contributed by atoms with Crippen LogP contribution in [0.1, 0.15) is 34.6 Å². The zero-order chi connectivity index (χ0) is 27.3. The third kappa shape index (κ3) is 10.0. The summed E-state index contributed by atoms with van der Waals surface area (Å²) in [6.45, 7) is 2.09. The molecule has 6 heteroatoms. The number of carbonyl (C=O) groups is 1. The molecule has 2 aromatic heterocycles. The average molecular weight is 532 g/mol. The Balaban J connectivity index is 0.000000308. The number of fused-ring (bicyclic) bond motifs is 1. The normalized spacial score (nSPS) is 11.5. The molecule has 1 atom stereocenters. The second kappa shape index (κ2) is 15.2. The van der Waals surface area contributed by atoms with E-state index in [0.717, 1.165) is 39.6 Å². The van der Waals surface area contributed by atoms with Crippen LogP contribution in [0.2, 0.25) is 0 Å². The third-order valence-electron chi connectivity index (χ3n) is 5.13. The molecular weight excluding hydrogens is 494 g/mol. The van der Waals surface area contributed by atoms with Gasteiger partial charge in [0, 0.05) is 40.5 Å². The van der Waals surface area contributed by atoms with E-state index in [-0.39, 0.29) is 0 Å². The molecule has 0 amide bonds. The molecule has 1 unspecified atom stereocenters. The highest BCUT2D eigenvalue weighted by atomic mass is 32.3. The molecule has 0 aliphatic heterocycles. The van der Waals surface area contributed by atoms with Gasteiger partial charge in [-0.2, -0.15) is 21.8 Å². The number of aldehydes is 1. The highest BCUT2D eigenvalue weighted by Crippen LogP contribution is 2.32. The maximum atomic E-state index is 10.9. The summed E-state index contributed by atoms with van der Waals surface area (Å²) in [5.41, 5.74) is 5.77. The molecular formula is C31H37N3OS2. The van der Waals surface area contributed by atoms with Gasteiger partial charge in [-0.25, -0.2) is 0 Å². The van der Waals surface area contributed by atoms with E-state index in [1.807, 2.05) is 74.3 Å². The number of para-hydroxylation sites is 1. The Morgan fingerprint density at radius 3 is 2.24 bits per heavy atom. The zero-order valence-electron chi connectivity index (χ0n) is 22.8. The first-order valence-electron chi connectivity index (χ1n) is 11.9. The molecule has 2 aromatic carbocycles. The highest BCUT2D eigenvalue weighted by Gasteiger charge is 2.06. The van der Waals surface area contributed by atoms with Crippen LogP contribution >= 0.6 is 21.8 Å². The van der Waals surface area contributed by atoms with Gasteiger partial charge in [0.05, 0.1) is 11.2 Å². The van der Waals surface area contributed by atoms with Crippen LogP contribution < -0.4 is 5.32 Å². The average Bonchev–Trinajstić information content (AvgIpc) is 2.92. The number of rotatable bonds is 4. The number of hydrogen-bond donors (Lipinski definition) is 1. The van der Waals surface area contributed by atoms with E-state index in [1.54, 1.807) is 18.0 Å². The van der Waals surface area contributed by atoms with Crippen LogP contribution in [0.3, 0.4) is 0 Å². The van der Waals surface area contributed by atoms with E-state index in [4.69, 9.17) is 0 Å². The fraction of sp³-hybridized carbons (Fsp3) is 0.258. The van der Waals surface area contributed by atoms with Gasteiger partial charge in [0.25, 0.3) is 0 Å². The van der Waals surface area contributed by atoms with Gasteiger partial charge >= 0.3 is 0 Å². The first-order valence-corrected chi connectivity index (χ1v) is 16.3. The van der Waals surface area contributed by atoms with Crippen molar-refractivity contribution in [2.75, 3.05) is 38.3 Å². The molecule has 0 radical (unpaired) electrons. The van der Waals surface area contributed by atoms with Crippen LogP contribution in [0.4, 0.5) is 0 Å². The standard InChI is InChI=1S/C21H19NOS.C8H12N2.C2H6S/c1-24(2,3)12-11-16-7-9-18(10-8-16)20-6-4-5-19-13-17(15-23)14-22-21(19)20;1-7(9-2)8-5-3-4-6-10-8;1-3-2/h4-10,13-15H,1-3H3;3-7,9H,1-2H3;1-2H3. The lowest BCUT2D eigenvalue weighted by molar-refractivity contribution is 0.112. The SMILES string of the molecule is CNC(C)c1ccccn1.CS(C)(C)C#Cc1ccc(-c2cccc3cc(C=O)cnc23)cc1.CSC. The van der Waals surface area contributed by atoms with Gasteiger partial charge in [0.15, 0.2) is 6.29 Å². The molecule has 4 aromatic rings. The summed E-state index contributed by atoms with van der Waals surface area (Å²) in [5.74, 6) is 3.25. The van der Waals surface area contributed by atoms with Gasteiger partial charge < -0.3 is 5.32 Å². The number of hydrogen-bond acceptors (Lipinski definition) is 5. The van der Waals surface area contributed by atoms with E-state index in [0.29, 0.717) is 11.6 Å². The van der Waals surface area contributed by atoms with Crippen LogP contribution in [0.15, 0.2) is 79.1 Å². The summed E-state index contributed by atoms with van der Waals surface area (Å²) in [6.07, 6.45) is 14.9. The van der Waals surface area contributed by atoms with Crippen molar-refractivity contribution in [3.8, 4) is 22.3 Å². The minimum atomic E-state index is -0.820. The monoisotopic (exact) mass is 531 g/mol. The zero-order valence-corrected chi connectivity index (χ0v) is 24.4. The summed E-state index contributed by atoms with van der Waals surface area (Å²) < 4.78 is 0. The van der Waals surface area contributed by atoms with Crippen LogP contribution in [0.25, 0.3) is 22.0 Å². The smallest absolute Gasteiger partial charge is 0.151 e. The lowest BCUT2D eigenvalue weighted by Crippen LogP contribution is -2.13. The van der Waals surface area contributed by atoms with Crippen molar-refractivity contribution in [3.63, 3.8) is 0 Å². The van der Waals surface area contributed by atoms with Gasteiger partial charge in [-0.1, -0.05) is 42.3 Å². The molecule has 0 saturated heterocycles. The molecule has 0 fully saturated rings. The van der Waals surface area contributed by atoms with Crippen molar-refractivity contribution >= 4 is 39.0 Å². The second-order valence-corrected chi connectivity index (χ2v) is 13.8. The van der Waals surface area contributed by atoms with Gasteiger partial charge in [0.1, 0.15) is 0 Å². The minimum absolute atomic E-state index is 0.348. The van der Waals surface area contributed by atoms with Crippen LogP contribution in [-0.2, 0) is 0 Å². The Morgan fingerprint density at radius 1 is 0.973 bits per heavy atom. The van der Waals surface area contributed by atoms with Crippen LogP contribution in [-0.4, -0.2) is 54.6 Å². The first kappa shape index (κ1) is 30.1. The largest absolute Gasteiger partial charge is 0.312 e. The first-order chi connectivity index (χ1) is 17.7. The molecule has 2 heterocycles. The number of carbonyl (C=O) groups excluding carboxylic acids is 1. The number of pyridine rings is 2. The van der Waals surface area contributed by atoms with Gasteiger partial charge in [-0.05, 0) is 86.4 Å². The Bertz CT molecular complexity index is 1320. The number of nitrogens with zero attached hydrogens (tertiary/aromatic N) is 2. The van der Waals surface area contributed by atoms with Gasteiger partial charge in [-0.15, -0.1) is 0 Å². The lowest BCUT2D eigenvalue weighted by atomic mass is 10.0. The fourth-order valence-corrected chi connectivity index (χ4v) is 3.62. The van der Waals surface area contributed by atoms with Crippen LogP contribution in [0.5, 0.6) is 0 Å². The number of thioether (sulfide) groups is 1. The molecule has 0 bridgehead atoms. The molecule has 0 aliphatic rings. The summed E-state index contributed by atoms with van der Waals surface area (Å²) in [4.78, 5) is 19.6. The Kier molecular flexibility index (Phi) is 12.4. The third-order valence-corrected chi connectivity index (χ3v) is 5.84. The van der Waals surface area contributed by atoms with Crippen molar-refractivity contribution in [1.29, 1.82) is 0 Å². The number of nitrogens with one attached hydrogen (secondary N) is 1. The van der Waals surface area contributed by atoms with Crippen molar-refractivity contribution in [2.24, 2.45) is 0 Å². The predicted octanol–water partition coefficient (Wildman–Crippen LogP) is 7.06. The molecule has 4 nitrogen and oxygen atoms in total. The van der Waals surface area contributed by atoms with Crippen molar-refractivity contribution in [3.05, 3.63) is 95.9 Å². The number of benzene rings is 2. The van der Waals surface area contributed by atoms with Crippen LogP contribution in [0, 0.1) is 11.2 Å². The summed E-state index contributed by atoms with van der Waals surface area (Å²) >= 11 is 1.75. The molecule has 1 N–H and O–H groups in total. The summed E-state index contributed by atoms with van der Waals surface area (Å²) in [5, 5.41) is 7.42. The van der Waals surface area contributed by atoms with Crippen molar-refractivity contribution < 1.29 is 4.79 Å². The van der Waals surface area contributed by atoms with Crippen molar-refractivity contribution in [1.82, 2.24) is 15.3 Å². The van der Waals surface area contributed by atoms with E-state index in [2.05, 4.69) is 70.3 Å². The minimum Gasteiger partial charge on any atom is -0.312 e. The quantitative estimate of drug-likeness (QED) is 0.226. The molecule has 194 valence electrons. The Labute approximate surface area is 228 Å². The molecule has 0 spiro atoms. The highest BCUT2D eigenvalue weighted by molar-refractivity contribution is 8.36. The maximum absolute atomic E-state index is 10.9. The predicted molar refractivity (Wildman–Crippen MR) is 166 cm³/mol. The molecule has 4 rings (SSSR count).